The molecule has 6 nitrogen and oxygen atoms in total. The third-order valence-corrected chi connectivity index (χ3v) is 5.59. The minimum atomic E-state index is -0.230. The third-order valence-electron chi connectivity index (χ3n) is 4.73. The maximum absolute atomic E-state index is 13.6. The quantitative estimate of drug-likeness (QED) is 0.518. The van der Waals surface area contributed by atoms with Gasteiger partial charge in [-0.15, -0.1) is 11.3 Å². The number of aromatic amines is 1. The minimum absolute atomic E-state index is 0.0420. The van der Waals surface area contributed by atoms with Crippen molar-refractivity contribution >= 4 is 22.5 Å². The number of H-pyrrole nitrogens is 1. The molecule has 0 spiro atoms. The number of hydrogen-bond donors (Lipinski definition) is 3. The van der Waals surface area contributed by atoms with Crippen LogP contribution in [0.2, 0.25) is 0 Å². The Bertz CT molecular complexity index is 1040. The van der Waals surface area contributed by atoms with Crippen LogP contribution in [0.5, 0.6) is 0 Å². The van der Waals surface area contributed by atoms with Gasteiger partial charge in [0.2, 0.25) is 0 Å². The highest BCUT2D eigenvalue weighted by atomic mass is 32.1. The van der Waals surface area contributed by atoms with E-state index >= 15 is 0 Å². The summed E-state index contributed by atoms with van der Waals surface area (Å²) >= 11 is 1.71. The SMILES string of the molecule is Fc1cccc(C2NNCC2c2nc3c(cnn3Cc3cccs3)[nH]2)c1. The molecule has 4 heterocycles. The zero-order valence-corrected chi connectivity index (χ0v) is 14.6. The van der Waals surface area contributed by atoms with E-state index in [0.29, 0.717) is 6.54 Å². The number of rotatable bonds is 4. The Kier molecular flexibility index (Phi) is 3.81. The first kappa shape index (κ1) is 15.7. The molecule has 3 N–H and O–H groups in total. The number of nitrogens with zero attached hydrogens (tertiary/aromatic N) is 3. The Labute approximate surface area is 153 Å². The smallest absolute Gasteiger partial charge is 0.176 e. The van der Waals surface area contributed by atoms with Gasteiger partial charge in [-0.2, -0.15) is 5.10 Å². The van der Waals surface area contributed by atoms with Gasteiger partial charge in [0.05, 0.1) is 24.7 Å². The molecule has 0 saturated carbocycles. The van der Waals surface area contributed by atoms with Gasteiger partial charge >= 0.3 is 0 Å². The van der Waals surface area contributed by atoms with Gasteiger partial charge in [-0.3, -0.25) is 5.43 Å². The molecule has 0 radical (unpaired) electrons. The molecule has 0 aliphatic carbocycles. The summed E-state index contributed by atoms with van der Waals surface area (Å²) in [5, 5.41) is 6.50. The Morgan fingerprint density at radius 1 is 1.27 bits per heavy atom. The molecule has 4 aromatic rings. The zero-order valence-electron chi connectivity index (χ0n) is 13.8. The molecule has 0 bridgehead atoms. The van der Waals surface area contributed by atoms with Crippen molar-refractivity contribution in [2.45, 2.75) is 18.5 Å². The molecule has 132 valence electrons. The number of hydrazine groups is 1. The van der Waals surface area contributed by atoms with Crippen molar-refractivity contribution in [1.29, 1.82) is 0 Å². The predicted octanol–water partition coefficient (Wildman–Crippen LogP) is 2.94. The lowest BCUT2D eigenvalue weighted by Gasteiger charge is -2.17. The normalized spacial score (nSPS) is 20.2. The molecule has 1 aromatic carbocycles. The van der Waals surface area contributed by atoms with Gasteiger partial charge in [0.15, 0.2) is 5.65 Å². The summed E-state index contributed by atoms with van der Waals surface area (Å²) in [6.07, 6.45) is 1.81. The number of thiophene rings is 1. The van der Waals surface area contributed by atoms with E-state index in [4.69, 9.17) is 4.98 Å². The van der Waals surface area contributed by atoms with E-state index < -0.39 is 0 Å². The number of fused-ring (bicyclic) bond motifs is 1. The number of imidazole rings is 1. The second-order valence-electron chi connectivity index (χ2n) is 6.41. The molecule has 2 unspecified atom stereocenters. The average molecular weight is 368 g/mol. The molecule has 1 fully saturated rings. The maximum atomic E-state index is 13.6. The van der Waals surface area contributed by atoms with Crippen LogP contribution in [0.15, 0.2) is 48.0 Å². The van der Waals surface area contributed by atoms with Crippen molar-refractivity contribution in [3.8, 4) is 0 Å². The summed E-state index contributed by atoms with van der Waals surface area (Å²) in [6.45, 7) is 1.43. The number of benzene rings is 1. The summed E-state index contributed by atoms with van der Waals surface area (Å²) in [7, 11) is 0. The largest absolute Gasteiger partial charge is 0.339 e. The first-order chi connectivity index (χ1) is 12.8. The first-order valence-corrected chi connectivity index (χ1v) is 9.33. The minimum Gasteiger partial charge on any atom is -0.339 e. The fourth-order valence-electron chi connectivity index (χ4n) is 3.47. The van der Waals surface area contributed by atoms with Gasteiger partial charge in [-0.25, -0.2) is 19.5 Å². The second-order valence-corrected chi connectivity index (χ2v) is 7.44. The molecule has 2 atom stereocenters. The summed E-state index contributed by atoms with van der Waals surface area (Å²) in [4.78, 5) is 9.43. The van der Waals surface area contributed by atoms with Crippen LogP contribution >= 0.6 is 11.3 Å². The van der Waals surface area contributed by atoms with E-state index in [0.717, 1.165) is 29.1 Å². The van der Waals surface area contributed by atoms with E-state index in [2.05, 4.69) is 32.4 Å². The second kappa shape index (κ2) is 6.31. The summed E-state index contributed by atoms with van der Waals surface area (Å²) < 4.78 is 15.5. The van der Waals surface area contributed by atoms with Crippen molar-refractivity contribution in [2.75, 3.05) is 6.54 Å². The van der Waals surface area contributed by atoms with Gasteiger partial charge in [-0.1, -0.05) is 18.2 Å². The van der Waals surface area contributed by atoms with Crippen LogP contribution < -0.4 is 10.9 Å². The van der Waals surface area contributed by atoms with Crippen LogP contribution in [-0.2, 0) is 6.54 Å². The first-order valence-electron chi connectivity index (χ1n) is 8.45. The summed E-state index contributed by atoms with van der Waals surface area (Å²) in [5.41, 5.74) is 9.08. The van der Waals surface area contributed by atoms with Gasteiger partial charge in [-0.05, 0) is 29.1 Å². The lowest BCUT2D eigenvalue weighted by Crippen LogP contribution is -2.25. The molecule has 3 aromatic heterocycles. The predicted molar refractivity (Wildman–Crippen MR) is 98.3 cm³/mol. The molecule has 1 saturated heterocycles. The van der Waals surface area contributed by atoms with Crippen LogP contribution in [0.25, 0.3) is 11.2 Å². The maximum Gasteiger partial charge on any atom is 0.176 e. The molecule has 1 aliphatic heterocycles. The van der Waals surface area contributed by atoms with E-state index in [1.807, 2.05) is 23.0 Å². The molecular weight excluding hydrogens is 351 g/mol. The molecule has 8 heteroatoms. The van der Waals surface area contributed by atoms with Crippen molar-refractivity contribution < 1.29 is 4.39 Å². The van der Waals surface area contributed by atoms with Crippen LogP contribution in [0.4, 0.5) is 4.39 Å². The van der Waals surface area contributed by atoms with E-state index in [1.54, 1.807) is 23.5 Å². The van der Waals surface area contributed by atoms with Gasteiger partial charge in [0.1, 0.15) is 17.2 Å². The average Bonchev–Trinajstić information content (AvgIpc) is 3.41. The van der Waals surface area contributed by atoms with Gasteiger partial charge in [0.25, 0.3) is 0 Å². The van der Waals surface area contributed by atoms with E-state index in [1.165, 1.54) is 10.9 Å². The molecule has 1 aliphatic rings. The summed E-state index contributed by atoms with van der Waals surface area (Å²) in [5.74, 6) is 0.731. The summed E-state index contributed by atoms with van der Waals surface area (Å²) in [6, 6.07) is 10.8. The molecular formula is C18H17FN6S. The Morgan fingerprint density at radius 2 is 2.23 bits per heavy atom. The van der Waals surface area contributed by atoms with Crippen LogP contribution in [0.3, 0.4) is 0 Å². The number of nitrogens with one attached hydrogen (secondary N) is 3. The Balaban J connectivity index is 1.47. The Morgan fingerprint density at radius 3 is 3.08 bits per heavy atom. The van der Waals surface area contributed by atoms with Crippen LogP contribution in [0, 0.1) is 5.82 Å². The highest BCUT2D eigenvalue weighted by Gasteiger charge is 2.32. The van der Waals surface area contributed by atoms with Crippen molar-refractivity contribution in [3.05, 3.63) is 70.1 Å². The molecule has 0 amide bonds. The van der Waals surface area contributed by atoms with Crippen molar-refractivity contribution in [2.24, 2.45) is 0 Å². The topological polar surface area (TPSA) is 70.6 Å². The fourth-order valence-corrected chi connectivity index (χ4v) is 4.16. The molecule has 26 heavy (non-hydrogen) atoms. The lowest BCUT2D eigenvalue weighted by molar-refractivity contribution is 0.537. The lowest BCUT2D eigenvalue weighted by atomic mass is 9.94. The van der Waals surface area contributed by atoms with E-state index in [-0.39, 0.29) is 17.8 Å². The van der Waals surface area contributed by atoms with Gasteiger partial charge in [0, 0.05) is 11.4 Å². The van der Waals surface area contributed by atoms with Crippen molar-refractivity contribution in [3.63, 3.8) is 0 Å². The Hall–Kier alpha value is -2.55. The van der Waals surface area contributed by atoms with Gasteiger partial charge < -0.3 is 4.98 Å². The highest BCUT2D eigenvalue weighted by molar-refractivity contribution is 7.09. The fraction of sp³-hybridized carbons (Fsp3) is 0.222. The monoisotopic (exact) mass is 368 g/mol. The highest BCUT2D eigenvalue weighted by Crippen LogP contribution is 2.33. The number of aromatic nitrogens is 4. The van der Waals surface area contributed by atoms with Crippen LogP contribution in [0.1, 0.15) is 28.2 Å². The third kappa shape index (κ3) is 2.72. The zero-order chi connectivity index (χ0) is 17.5. The molecule has 5 rings (SSSR count). The number of hydrogen-bond acceptors (Lipinski definition) is 5. The van der Waals surface area contributed by atoms with Crippen molar-refractivity contribution in [1.82, 2.24) is 30.6 Å². The van der Waals surface area contributed by atoms with Crippen LogP contribution in [-0.4, -0.2) is 26.3 Å². The standard InChI is InChI=1S/C18H17FN6S/c19-12-4-1-3-11(7-12)16-14(8-20-24-16)17-22-15-9-21-25(18(15)23-17)10-13-5-2-6-26-13/h1-7,9,14,16,20,24H,8,10H2,(H,22,23). The van der Waals surface area contributed by atoms with E-state index in [9.17, 15) is 4.39 Å². The number of halogens is 1.